The molecule has 0 unspecified atom stereocenters. The molecule has 0 amide bonds. The van der Waals surface area contributed by atoms with Crippen LogP contribution in [-0.4, -0.2) is 39.7 Å². The third-order valence-corrected chi connectivity index (χ3v) is 4.63. The van der Waals surface area contributed by atoms with Gasteiger partial charge in [-0.1, -0.05) is 12.1 Å². The Morgan fingerprint density at radius 3 is 2.70 bits per heavy atom. The molecule has 0 bridgehead atoms. The van der Waals surface area contributed by atoms with Crippen molar-refractivity contribution in [3.63, 3.8) is 0 Å². The fraction of sp³-hybridized carbons (Fsp3) is 0.409. The van der Waals surface area contributed by atoms with Crippen LogP contribution >= 0.6 is 0 Å². The van der Waals surface area contributed by atoms with Gasteiger partial charge in [0.05, 0.1) is 28.4 Å². The second-order valence-corrected chi connectivity index (χ2v) is 8.37. The largest absolute Gasteiger partial charge is 0.488 e. The van der Waals surface area contributed by atoms with E-state index in [0.29, 0.717) is 17.9 Å². The summed E-state index contributed by atoms with van der Waals surface area (Å²) in [6.07, 6.45) is 4.83. The predicted octanol–water partition coefficient (Wildman–Crippen LogP) is 3.66. The molecule has 1 N–H and O–H groups in total. The number of carbonyl (C=O) groups excluding carboxylic acids is 1. The maximum absolute atomic E-state index is 11.4. The zero-order valence-corrected chi connectivity index (χ0v) is 16.7. The van der Waals surface area contributed by atoms with Gasteiger partial charge in [-0.3, -0.25) is 10.1 Å². The van der Waals surface area contributed by atoms with Gasteiger partial charge in [0.1, 0.15) is 25.1 Å². The van der Waals surface area contributed by atoms with Crippen LogP contribution in [0.25, 0.3) is 0 Å². The Kier molecular flexibility index (Phi) is 5.16. The van der Waals surface area contributed by atoms with Crippen molar-refractivity contribution in [3.05, 3.63) is 53.2 Å². The molecular formula is C22H28N3O2+. The molecule has 5 nitrogen and oxygen atoms in total. The number of benzene rings is 1. The highest BCUT2D eigenvalue weighted by Crippen LogP contribution is 2.26. The molecule has 0 fully saturated rings. The second kappa shape index (κ2) is 7.24. The van der Waals surface area contributed by atoms with Crippen LogP contribution in [0, 0.1) is 6.92 Å². The molecule has 0 radical (unpaired) electrons. The van der Waals surface area contributed by atoms with Gasteiger partial charge in [-0.2, -0.15) is 0 Å². The number of aldehydes is 1. The molecule has 0 spiro atoms. The van der Waals surface area contributed by atoms with Crippen molar-refractivity contribution in [2.75, 3.05) is 6.54 Å². The van der Waals surface area contributed by atoms with Crippen molar-refractivity contribution >= 4 is 18.3 Å². The molecule has 1 aliphatic rings. The third kappa shape index (κ3) is 4.42. The van der Waals surface area contributed by atoms with Crippen LogP contribution in [0.15, 0.2) is 36.5 Å². The molecule has 1 aromatic heterocycles. The molecule has 1 aliphatic heterocycles. The maximum atomic E-state index is 11.4. The van der Waals surface area contributed by atoms with Gasteiger partial charge in [-0.25, -0.2) is 4.58 Å². The molecule has 5 heteroatoms. The molecular weight excluding hydrogens is 338 g/mol. The first-order chi connectivity index (χ1) is 12.7. The van der Waals surface area contributed by atoms with Crippen molar-refractivity contribution in [1.29, 1.82) is 0 Å². The van der Waals surface area contributed by atoms with Crippen molar-refractivity contribution in [2.24, 2.45) is 0 Å². The van der Waals surface area contributed by atoms with E-state index in [9.17, 15) is 4.79 Å². The average molecular weight is 366 g/mol. The van der Waals surface area contributed by atoms with E-state index in [-0.39, 0.29) is 11.1 Å². The number of aromatic nitrogens is 1. The van der Waals surface area contributed by atoms with Crippen molar-refractivity contribution in [1.82, 2.24) is 10.3 Å². The van der Waals surface area contributed by atoms with Crippen LogP contribution in [-0.2, 0) is 6.61 Å². The molecule has 3 rings (SSSR count). The summed E-state index contributed by atoms with van der Waals surface area (Å²) < 4.78 is 8.20. The van der Waals surface area contributed by atoms with E-state index in [1.807, 2.05) is 37.3 Å². The summed E-state index contributed by atoms with van der Waals surface area (Å²) in [6.45, 7) is 11.8. The lowest BCUT2D eigenvalue weighted by Crippen LogP contribution is -2.61. The van der Waals surface area contributed by atoms with Gasteiger partial charge in [0, 0.05) is 0 Å². The third-order valence-electron chi connectivity index (χ3n) is 4.63. The Hall–Kier alpha value is -2.53. The summed E-state index contributed by atoms with van der Waals surface area (Å²) in [6, 6.07) is 9.57. The topological polar surface area (TPSA) is 54.2 Å². The maximum Gasteiger partial charge on any atom is 0.329 e. The molecule has 27 heavy (non-hydrogen) atoms. The molecule has 0 atom stereocenters. The van der Waals surface area contributed by atoms with E-state index >= 15 is 0 Å². The lowest BCUT2D eigenvalue weighted by molar-refractivity contribution is -0.461. The van der Waals surface area contributed by atoms with Gasteiger partial charge in [-0.05, 0) is 63.4 Å². The van der Waals surface area contributed by atoms with E-state index in [1.165, 1.54) is 0 Å². The van der Waals surface area contributed by atoms with Crippen molar-refractivity contribution in [3.8, 4) is 5.75 Å². The molecule has 0 saturated heterocycles. The SMILES string of the molecule is Cc1cccc(OCc2cccnc2[N+]2=CC(C)(C)NC(C)(C)C2)c1C=O. The number of hydrogen-bond donors (Lipinski definition) is 1. The van der Waals surface area contributed by atoms with Gasteiger partial charge in [0.25, 0.3) is 0 Å². The van der Waals surface area contributed by atoms with Gasteiger partial charge in [0.15, 0.2) is 6.29 Å². The van der Waals surface area contributed by atoms with Crippen molar-refractivity contribution < 1.29 is 14.1 Å². The van der Waals surface area contributed by atoms with Crippen LogP contribution < -0.4 is 10.1 Å². The first kappa shape index (κ1) is 19.2. The number of carbonyl (C=O) groups is 1. The van der Waals surface area contributed by atoms with Crippen molar-refractivity contribution in [2.45, 2.75) is 52.3 Å². The number of nitrogens with one attached hydrogen (secondary N) is 1. The highest BCUT2D eigenvalue weighted by molar-refractivity contribution is 5.81. The predicted molar refractivity (Wildman–Crippen MR) is 107 cm³/mol. The molecule has 0 aliphatic carbocycles. The number of nitrogens with zero attached hydrogens (tertiary/aromatic N) is 2. The number of hydrogen-bond acceptors (Lipinski definition) is 4. The average Bonchev–Trinajstić information content (AvgIpc) is 2.57. The standard InChI is InChI=1S/C22H28N3O2/c1-16-8-6-10-19(18(16)12-26)27-13-17-9-7-11-23-20(17)25-14-21(2,3)24-22(4,5)15-25/h6-12,14,24H,13,15H2,1-5H3/q+1. The first-order valence-corrected chi connectivity index (χ1v) is 9.24. The number of aryl methyl sites for hydroxylation is 1. The summed E-state index contributed by atoms with van der Waals surface area (Å²) in [5.41, 5.74) is 2.31. The highest BCUT2D eigenvalue weighted by Gasteiger charge is 2.37. The minimum atomic E-state index is -0.140. The zero-order valence-electron chi connectivity index (χ0n) is 16.7. The van der Waals surface area contributed by atoms with E-state index in [4.69, 9.17) is 4.74 Å². The fourth-order valence-corrected chi connectivity index (χ4v) is 3.83. The number of pyridine rings is 1. The zero-order chi connectivity index (χ0) is 19.7. The quantitative estimate of drug-likeness (QED) is 0.648. The lowest BCUT2D eigenvalue weighted by atomic mass is 9.94. The minimum absolute atomic E-state index is 0.0465. The monoisotopic (exact) mass is 366 g/mol. The van der Waals surface area contributed by atoms with E-state index in [1.54, 1.807) is 6.20 Å². The second-order valence-electron chi connectivity index (χ2n) is 8.37. The van der Waals surface area contributed by atoms with E-state index in [2.05, 4.69) is 48.8 Å². The summed E-state index contributed by atoms with van der Waals surface area (Å²) in [4.78, 5) is 16.0. The molecule has 2 aromatic rings. The normalized spacial score (nSPS) is 17.9. The van der Waals surface area contributed by atoms with Gasteiger partial charge >= 0.3 is 5.82 Å². The van der Waals surface area contributed by atoms with Crippen LogP contribution in [0.1, 0.15) is 49.2 Å². The van der Waals surface area contributed by atoms with Gasteiger partial charge in [-0.15, -0.1) is 0 Å². The summed E-state index contributed by atoms with van der Waals surface area (Å²) in [7, 11) is 0. The Bertz CT molecular complexity index is 885. The lowest BCUT2D eigenvalue weighted by Gasteiger charge is -2.38. The Morgan fingerprint density at radius 1 is 1.22 bits per heavy atom. The fourth-order valence-electron chi connectivity index (χ4n) is 3.83. The van der Waals surface area contributed by atoms with Crippen LogP contribution in [0.5, 0.6) is 5.75 Å². The molecule has 2 heterocycles. The minimum Gasteiger partial charge on any atom is -0.488 e. The summed E-state index contributed by atoms with van der Waals surface area (Å²) in [5.74, 6) is 1.49. The van der Waals surface area contributed by atoms with E-state index in [0.717, 1.165) is 29.8 Å². The summed E-state index contributed by atoms with van der Waals surface area (Å²) >= 11 is 0. The Balaban J connectivity index is 1.91. The summed E-state index contributed by atoms with van der Waals surface area (Å²) in [5, 5.41) is 3.64. The van der Waals surface area contributed by atoms with E-state index < -0.39 is 0 Å². The number of rotatable bonds is 5. The highest BCUT2D eigenvalue weighted by atomic mass is 16.5. The molecule has 1 aromatic carbocycles. The number of ether oxygens (including phenoxy) is 1. The smallest absolute Gasteiger partial charge is 0.329 e. The van der Waals surface area contributed by atoms with Crippen LogP contribution in [0.2, 0.25) is 0 Å². The molecule has 142 valence electrons. The van der Waals surface area contributed by atoms with Gasteiger partial charge < -0.3 is 4.74 Å². The first-order valence-electron chi connectivity index (χ1n) is 9.24. The van der Waals surface area contributed by atoms with Crippen LogP contribution in [0.4, 0.5) is 5.82 Å². The van der Waals surface area contributed by atoms with Gasteiger partial charge in [0.2, 0.25) is 0 Å². The van der Waals surface area contributed by atoms with Crippen LogP contribution in [0.3, 0.4) is 0 Å². The molecule has 0 saturated carbocycles. The Labute approximate surface area is 161 Å². The Morgan fingerprint density at radius 2 is 2.00 bits per heavy atom.